The molecule has 0 saturated carbocycles. The van der Waals surface area contributed by atoms with Crippen LogP contribution in [-0.4, -0.2) is 33.9 Å². The fourth-order valence-electron chi connectivity index (χ4n) is 1.94. The molecule has 0 radical (unpaired) electrons. The highest BCUT2D eigenvalue weighted by Gasteiger charge is 2.20. The Hall–Kier alpha value is -1.63. The van der Waals surface area contributed by atoms with Gasteiger partial charge in [-0.05, 0) is 18.8 Å². The van der Waals surface area contributed by atoms with Crippen molar-refractivity contribution in [2.75, 3.05) is 6.61 Å². The molecule has 3 N–H and O–H groups in total. The van der Waals surface area contributed by atoms with Crippen LogP contribution in [0.1, 0.15) is 51.4 Å². The summed E-state index contributed by atoms with van der Waals surface area (Å²) in [5, 5.41) is 18.6. The molecule has 1 aromatic rings. The molecule has 0 aliphatic carbocycles. The highest BCUT2D eigenvalue weighted by Crippen LogP contribution is 2.12. The highest BCUT2D eigenvalue weighted by molar-refractivity contribution is 5.74. The Balaban J connectivity index is 2.54. The summed E-state index contributed by atoms with van der Waals surface area (Å²) < 4.78 is 4.91. The van der Waals surface area contributed by atoms with Crippen molar-refractivity contribution in [2.45, 2.75) is 52.6 Å². The van der Waals surface area contributed by atoms with E-state index in [0.29, 0.717) is 24.1 Å². The molecule has 1 aromatic heterocycles. The van der Waals surface area contributed by atoms with Crippen LogP contribution in [0, 0.1) is 12.8 Å². The maximum Gasteiger partial charge on any atom is 0.315 e. The number of rotatable bonds is 7. The van der Waals surface area contributed by atoms with Crippen molar-refractivity contribution < 1.29 is 14.4 Å². The van der Waals surface area contributed by atoms with Crippen LogP contribution in [-0.2, 0) is 0 Å². The van der Waals surface area contributed by atoms with Gasteiger partial charge in [0, 0.05) is 6.92 Å². The number of aryl methyl sites for hydroxylation is 1. The Morgan fingerprint density at radius 1 is 1.40 bits per heavy atom. The molecular formula is C13H24N4O3. The van der Waals surface area contributed by atoms with Gasteiger partial charge in [-0.2, -0.15) is 4.98 Å². The van der Waals surface area contributed by atoms with Gasteiger partial charge in [-0.1, -0.05) is 25.9 Å². The molecule has 0 aromatic carbocycles. The first-order chi connectivity index (χ1) is 9.46. The van der Waals surface area contributed by atoms with Gasteiger partial charge in [-0.25, -0.2) is 4.79 Å². The predicted octanol–water partition coefficient (Wildman–Crippen LogP) is 1.54. The van der Waals surface area contributed by atoms with Gasteiger partial charge >= 0.3 is 6.03 Å². The van der Waals surface area contributed by atoms with Gasteiger partial charge in [-0.15, -0.1) is 0 Å². The number of nitrogens with one attached hydrogen (secondary N) is 2. The molecule has 2 amide bonds. The van der Waals surface area contributed by atoms with Crippen LogP contribution in [0.4, 0.5) is 4.79 Å². The number of nitrogens with zero attached hydrogens (tertiary/aromatic N) is 2. The fourth-order valence-corrected chi connectivity index (χ4v) is 1.94. The molecule has 2 unspecified atom stereocenters. The molecule has 7 heteroatoms. The predicted molar refractivity (Wildman–Crippen MR) is 74.1 cm³/mol. The molecule has 7 nitrogen and oxygen atoms in total. The average Bonchev–Trinajstić information content (AvgIpc) is 2.81. The Bertz CT molecular complexity index is 420. The summed E-state index contributed by atoms with van der Waals surface area (Å²) in [6.07, 6.45) is 1.38. The lowest BCUT2D eigenvalue weighted by molar-refractivity contribution is 0.204. The van der Waals surface area contributed by atoms with E-state index in [4.69, 9.17) is 4.52 Å². The highest BCUT2D eigenvalue weighted by atomic mass is 16.5. The summed E-state index contributed by atoms with van der Waals surface area (Å²) in [5.74, 6) is 1.33. The quantitative estimate of drug-likeness (QED) is 0.705. The van der Waals surface area contributed by atoms with E-state index in [2.05, 4.69) is 20.8 Å². The third kappa shape index (κ3) is 5.16. The summed E-state index contributed by atoms with van der Waals surface area (Å²) in [5.41, 5.74) is 0. The standard InChI is InChI=1S/C13H24N4O3/c1-5-11(12-14-9(4)20-17-12)16-13(19)15-10(7-18)6-8(2)3/h8,10-11,18H,5-7H2,1-4H3,(H2,15,16,19). The van der Waals surface area contributed by atoms with Gasteiger partial charge in [0.2, 0.25) is 5.89 Å². The monoisotopic (exact) mass is 284 g/mol. The van der Waals surface area contributed by atoms with Gasteiger partial charge in [-0.3, -0.25) is 0 Å². The van der Waals surface area contributed by atoms with Crippen LogP contribution >= 0.6 is 0 Å². The van der Waals surface area contributed by atoms with Gasteiger partial charge in [0.1, 0.15) is 0 Å². The fraction of sp³-hybridized carbons (Fsp3) is 0.769. The summed E-state index contributed by atoms with van der Waals surface area (Å²) in [4.78, 5) is 16.0. The number of aliphatic hydroxyl groups excluding tert-OH is 1. The number of carbonyl (C=O) groups excluding carboxylic acids is 1. The van der Waals surface area contributed by atoms with E-state index in [9.17, 15) is 9.90 Å². The molecule has 0 fully saturated rings. The maximum absolute atomic E-state index is 11.9. The maximum atomic E-state index is 11.9. The van der Waals surface area contributed by atoms with Gasteiger partial charge in [0.15, 0.2) is 5.82 Å². The number of hydrogen-bond acceptors (Lipinski definition) is 5. The van der Waals surface area contributed by atoms with Crippen LogP contribution in [0.3, 0.4) is 0 Å². The van der Waals surface area contributed by atoms with Crippen molar-refractivity contribution in [2.24, 2.45) is 5.92 Å². The minimum Gasteiger partial charge on any atom is -0.394 e. The number of carbonyl (C=O) groups is 1. The van der Waals surface area contributed by atoms with Crippen molar-refractivity contribution >= 4 is 6.03 Å². The molecule has 114 valence electrons. The number of urea groups is 1. The molecule has 1 heterocycles. The van der Waals surface area contributed by atoms with Gasteiger partial charge < -0.3 is 20.3 Å². The Kier molecular flexibility index (Phi) is 6.44. The molecular weight excluding hydrogens is 260 g/mol. The topological polar surface area (TPSA) is 100 Å². The molecule has 2 atom stereocenters. The second-order valence-electron chi connectivity index (χ2n) is 5.26. The number of hydrogen-bond donors (Lipinski definition) is 3. The largest absolute Gasteiger partial charge is 0.394 e. The van der Waals surface area contributed by atoms with Crippen LogP contribution < -0.4 is 10.6 Å². The zero-order valence-corrected chi connectivity index (χ0v) is 12.5. The number of aromatic nitrogens is 2. The molecule has 0 bridgehead atoms. The minimum atomic E-state index is -0.334. The van der Waals surface area contributed by atoms with E-state index >= 15 is 0 Å². The normalized spacial score (nSPS) is 14.1. The van der Waals surface area contributed by atoms with Crippen molar-refractivity contribution in [3.05, 3.63) is 11.7 Å². The van der Waals surface area contributed by atoms with Gasteiger partial charge in [0.05, 0.1) is 18.7 Å². The first kappa shape index (κ1) is 16.4. The lowest BCUT2D eigenvalue weighted by Crippen LogP contribution is -2.45. The lowest BCUT2D eigenvalue weighted by Gasteiger charge is -2.20. The lowest BCUT2D eigenvalue weighted by atomic mass is 10.0. The van der Waals surface area contributed by atoms with Gasteiger partial charge in [0.25, 0.3) is 0 Å². The van der Waals surface area contributed by atoms with Crippen LogP contribution in [0.25, 0.3) is 0 Å². The van der Waals surface area contributed by atoms with Crippen molar-refractivity contribution in [3.8, 4) is 0 Å². The Morgan fingerprint density at radius 3 is 2.55 bits per heavy atom. The third-order valence-electron chi connectivity index (χ3n) is 2.88. The van der Waals surface area contributed by atoms with Crippen molar-refractivity contribution in [1.29, 1.82) is 0 Å². The zero-order chi connectivity index (χ0) is 15.1. The molecule has 0 saturated heterocycles. The molecule has 20 heavy (non-hydrogen) atoms. The molecule has 1 rings (SSSR count). The van der Waals surface area contributed by atoms with E-state index in [0.717, 1.165) is 6.42 Å². The first-order valence-corrected chi connectivity index (χ1v) is 6.94. The minimum absolute atomic E-state index is 0.0797. The smallest absolute Gasteiger partial charge is 0.315 e. The van der Waals surface area contributed by atoms with E-state index < -0.39 is 0 Å². The summed E-state index contributed by atoms with van der Waals surface area (Å²) in [7, 11) is 0. The molecule has 0 aliphatic heterocycles. The average molecular weight is 284 g/mol. The second-order valence-corrected chi connectivity index (χ2v) is 5.26. The van der Waals surface area contributed by atoms with E-state index in [1.165, 1.54) is 0 Å². The second kappa shape index (κ2) is 7.84. The summed E-state index contributed by atoms with van der Waals surface area (Å²) in [6.45, 7) is 7.63. The SMILES string of the molecule is CCC(NC(=O)NC(CO)CC(C)C)c1noc(C)n1. The van der Waals surface area contributed by atoms with Crippen LogP contribution in [0.2, 0.25) is 0 Å². The van der Waals surface area contributed by atoms with E-state index in [1.54, 1.807) is 6.92 Å². The van der Waals surface area contributed by atoms with Crippen molar-refractivity contribution in [1.82, 2.24) is 20.8 Å². The van der Waals surface area contributed by atoms with Crippen molar-refractivity contribution in [3.63, 3.8) is 0 Å². The van der Waals surface area contributed by atoms with E-state index in [1.807, 2.05) is 20.8 Å². The molecule has 0 aliphatic rings. The first-order valence-electron chi connectivity index (χ1n) is 6.94. The number of aliphatic hydroxyl groups is 1. The Labute approximate surface area is 119 Å². The molecule has 0 spiro atoms. The Morgan fingerprint density at radius 2 is 2.10 bits per heavy atom. The van der Waals surface area contributed by atoms with E-state index in [-0.39, 0.29) is 24.7 Å². The van der Waals surface area contributed by atoms with Crippen LogP contribution in [0.5, 0.6) is 0 Å². The number of amides is 2. The summed E-state index contributed by atoms with van der Waals surface area (Å²) in [6, 6.07) is -0.885. The third-order valence-corrected chi connectivity index (χ3v) is 2.88. The zero-order valence-electron chi connectivity index (χ0n) is 12.5. The summed E-state index contributed by atoms with van der Waals surface area (Å²) >= 11 is 0. The van der Waals surface area contributed by atoms with Crippen LogP contribution in [0.15, 0.2) is 4.52 Å².